The van der Waals surface area contributed by atoms with Crippen LogP contribution in [0.15, 0.2) is 243 Å². The van der Waals surface area contributed by atoms with E-state index in [0.717, 1.165) is 22.7 Å². The van der Waals surface area contributed by atoms with Crippen molar-refractivity contribution in [2.75, 3.05) is 9.80 Å². The van der Waals surface area contributed by atoms with Gasteiger partial charge in [-0.25, -0.2) is 0 Å². The summed E-state index contributed by atoms with van der Waals surface area (Å²) in [5.41, 5.74) is 21.9. The van der Waals surface area contributed by atoms with E-state index >= 15 is 0 Å². The molecule has 2 aliphatic carbocycles. The van der Waals surface area contributed by atoms with Crippen molar-refractivity contribution in [2.24, 2.45) is 0 Å². The van der Waals surface area contributed by atoms with Gasteiger partial charge in [-0.1, -0.05) is 182 Å². The Bertz CT molecular complexity index is 3650. The Kier molecular flexibility index (Phi) is 7.64. The van der Waals surface area contributed by atoms with E-state index < -0.39 is 5.41 Å². The molecule has 0 fully saturated rings. The molecule has 14 rings (SSSR count). The average molecular weight is 825 g/mol. The molecule has 0 N–H and O–H groups in total. The Balaban J connectivity index is 0.963. The Morgan fingerprint density at radius 2 is 0.846 bits per heavy atom. The summed E-state index contributed by atoms with van der Waals surface area (Å²) in [7, 11) is 0. The summed E-state index contributed by atoms with van der Waals surface area (Å²) in [6.45, 7) is 0. The highest BCUT2D eigenvalue weighted by Crippen LogP contribution is 2.63. The maximum atomic E-state index is 2.48. The van der Waals surface area contributed by atoms with E-state index in [1.54, 1.807) is 0 Å². The quantitative estimate of drug-likeness (QED) is 0.171. The van der Waals surface area contributed by atoms with Gasteiger partial charge in [0, 0.05) is 33.7 Å². The number of hydrogen-bond donors (Lipinski definition) is 0. The fourth-order valence-electron chi connectivity index (χ4n) is 11.7. The summed E-state index contributed by atoms with van der Waals surface area (Å²) >= 11 is 0. The zero-order valence-corrected chi connectivity index (χ0v) is 35.5. The molecule has 0 atom stereocenters. The SMILES string of the molecule is c1ccc(-c2ccc(N(c3ccc(N4c5ccc6ccccc6c5-c5cccc6cccc4c56)cc3)c3ccc4c(c3)C3(c5ccccc5-c5ccccc53)c3ccccc3-4)cc2)cc1. The van der Waals surface area contributed by atoms with Crippen molar-refractivity contribution in [3.63, 3.8) is 0 Å². The van der Waals surface area contributed by atoms with Gasteiger partial charge >= 0.3 is 0 Å². The summed E-state index contributed by atoms with van der Waals surface area (Å²) in [6, 6.07) is 90.1. The van der Waals surface area contributed by atoms with E-state index in [1.807, 2.05) is 0 Å². The van der Waals surface area contributed by atoms with Gasteiger partial charge in [0.15, 0.2) is 0 Å². The Hall–Kier alpha value is -8.46. The molecule has 1 spiro atoms. The molecule has 2 nitrogen and oxygen atoms in total. The lowest BCUT2D eigenvalue weighted by Gasteiger charge is -2.35. The number of benzene rings is 11. The summed E-state index contributed by atoms with van der Waals surface area (Å²) in [4.78, 5) is 4.90. The van der Waals surface area contributed by atoms with Crippen molar-refractivity contribution in [1.82, 2.24) is 0 Å². The maximum Gasteiger partial charge on any atom is 0.0726 e. The van der Waals surface area contributed by atoms with E-state index in [2.05, 4.69) is 252 Å². The van der Waals surface area contributed by atoms with Crippen LogP contribution in [0, 0.1) is 0 Å². The summed E-state index contributed by atoms with van der Waals surface area (Å²) < 4.78 is 0. The van der Waals surface area contributed by atoms with Crippen LogP contribution in [-0.2, 0) is 5.41 Å². The molecule has 1 aliphatic heterocycles. The van der Waals surface area contributed by atoms with E-state index in [-0.39, 0.29) is 0 Å². The van der Waals surface area contributed by atoms with Crippen molar-refractivity contribution in [2.45, 2.75) is 5.41 Å². The number of fused-ring (bicyclic) bond motifs is 14. The van der Waals surface area contributed by atoms with Crippen molar-refractivity contribution in [1.29, 1.82) is 0 Å². The molecule has 65 heavy (non-hydrogen) atoms. The lowest BCUT2D eigenvalue weighted by Crippen LogP contribution is -2.26. The molecule has 0 unspecified atom stereocenters. The number of anilines is 6. The van der Waals surface area contributed by atoms with Crippen LogP contribution < -0.4 is 9.80 Å². The minimum absolute atomic E-state index is 0.440. The van der Waals surface area contributed by atoms with Gasteiger partial charge in [0.2, 0.25) is 0 Å². The predicted molar refractivity (Wildman–Crippen MR) is 272 cm³/mol. The third-order valence-corrected chi connectivity index (χ3v) is 14.4. The van der Waals surface area contributed by atoms with Gasteiger partial charge in [-0.05, 0) is 138 Å². The largest absolute Gasteiger partial charge is 0.310 e. The second-order valence-electron chi connectivity index (χ2n) is 17.6. The first-order chi connectivity index (χ1) is 32.3. The van der Waals surface area contributed by atoms with E-state index in [4.69, 9.17) is 0 Å². The van der Waals surface area contributed by atoms with Crippen LogP contribution in [0.5, 0.6) is 0 Å². The highest BCUT2D eigenvalue weighted by atomic mass is 15.2. The molecule has 3 aliphatic rings. The van der Waals surface area contributed by atoms with Crippen LogP contribution in [0.4, 0.5) is 34.1 Å². The zero-order chi connectivity index (χ0) is 42.6. The van der Waals surface area contributed by atoms with Gasteiger partial charge in [0.05, 0.1) is 16.8 Å². The monoisotopic (exact) mass is 824 g/mol. The van der Waals surface area contributed by atoms with Crippen molar-refractivity contribution < 1.29 is 0 Å². The molecule has 11 aromatic carbocycles. The van der Waals surface area contributed by atoms with E-state index in [9.17, 15) is 0 Å². The van der Waals surface area contributed by atoms with Crippen molar-refractivity contribution in [3.8, 4) is 44.5 Å². The first-order valence-electron chi connectivity index (χ1n) is 22.6. The minimum Gasteiger partial charge on any atom is -0.310 e. The fraction of sp³-hybridized carbons (Fsp3) is 0.0159. The maximum absolute atomic E-state index is 2.48. The summed E-state index contributed by atoms with van der Waals surface area (Å²) in [6.07, 6.45) is 0. The lowest BCUT2D eigenvalue weighted by atomic mass is 9.70. The molecule has 0 saturated heterocycles. The normalized spacial score (nSPS) is 13.3. The average Bonchev–Trinajstić information content (AvgIpc) is 3.84. The summed E-state index contributed by atoms with van der Waals surface area (Å²) in [5, 5.41) is 5.04. The van der Waals surface area contributed by atoms with E-state index in [1.165, 1.54) is 99.7 Å². The van der Waals surface area contributed by atoms with Crippen molar-refractivity contribution >= 4 is 55.7 Å². The van der Waals surface area contributed by atoms with Gasteiger partial charge in [0.1, 0.15) is 0 Å². The Labute approximate surface area is 378 Å². The molecule has 11 aromatic rings. The van der Waals surface area contributed by atoms with Gasteiger partial charge in [-0.15, -0.1) is 0 Å². The molecule has 0 radical (unpaired) electrons. The van der Waals surface area contributed by atoms with Gasteiger partial charge in [0.25, 0.3) is 0 Å². The molecule has 302 valence electrons. The predicted octanol–water partition coefficient (Wildman–Crippen LogP) is 16.9. The second-order valence-corrected chi connectivity index (χ2v) is 17.6. The Morgan fingerprint density at radius 1 is 0.323 bits per heavy atom. The molecule has 0 bridgehead atoms. The highest BCUT2D eigenvalue weighted by molar-refractivity contribution is 6.19. The second kappa shape index (κ2) is 13.8. The van der Waals surface area contributed by atoms with Gasteiger partial charge < -0.3 is 9.80 Å². The smallest absolute Gasteiger partial charge is 0.0726 e. The standard InChI is InChI=1S/C63H40N2/c1-2-14-41(15-3-1)42-28-31-45(32-29-42)64(48-37-38-53-52-22-8-11-26-57(52)63(58(53)40-48)55-24-9-6-20-50(55)51-21-7-10-25-56(51)63)46-33-35-47(36-34-46)65-59-27-13-18-44-17-12-23-54(61(44)59)62-49-19-5-4-16-43(49)30-39-60(62)65/h1-40H. The van der Waals surface area contributed by atoms with Crippen LogP contribution in [0.3, 0.4) is 0 Å². The third kappa shape index (κ3) is 5.05. The third-order valence-electron chi connectivity index (χ3n) is 14.4. The first-order valence-corrected chi connectivity index (χ1v) is 22.6. The highest BCUT2D eigenvalue weighted by Gasteiger charge is 2.51. The number of rotatable bonds is 5. The number of nitrogens with zero attached hydrogens (tertiary/aromatic N) is 2. The fourth-order valence-corrected chi connectivity index (χ4v) is 11.7. The van der Waals surface area contributed by atoms with Gasteiger partial charge in [-0.2, -0.15) is 0 Å². The molecular formula is C63H40N2. The zero-order valence-electron chi connectivity index (χ0n) is 35.5. The summed E-state index contributed by atoms with van der Waals surface area (Å²) in [5.74, 6) is 0. The van der Waals surface area contributed by atoms with Crippen LogP contribution in [0.1, 0.15) is 22.3 Å². The van der Waals surface area contributed by atoms with Crippen LogP contribution in [0.25, 0.3) is 66.1 Å². The lowest BCUT2D eigenvalue weighted by molar-refractivity contribution is 0.793. The first kappa shape index (κ1) is 36.1. The molecule has 1 heterocycles. The molecule has 2 heteroatoms. The van der Waals surface area contributed by atoms with Crippen LogP contribution in [-0.4, -0.2) is 0 Å². The van der Waals surface area contributed by atoms with E-state index in [0.29, 0.717) is 0 Å². The van der Waals surface area contributed by atoms with Gasteiger partial charge in [-0.3, -0.25) is 0 Å². The molecule has 0 saturated carbocycles. The Morgan fingerprint density at radius 3 is 1.54 bits per heavy atom. The van der Waals surface area contributed by atoms with Crippen LogP contribution in [0.2, 0.25) is 0 Å². The molecular weight excluding hydrogens is 785 g/mol. The van der Waals surface area contributed by atoms with Crippen molar-refractivity contribution in [3.05, 3.63) is 265 Å². The number of hydrogen-bond acceptors (Lipinski definition) is 2. The molecule has 0 amide bonds. The minimum atomic E-state index is -0.440. The van der Waals surface area contributed by atoms with Crippen LogP contribution >= 0.6 is 0 Å². The topological polar surface area (TPSA) is 6.48 Å². The molecule has 0 aromatic heterocycles.